The smallest absolute Gasteiger partial charge is 0.333 e. The first kappa shape index (κ1) is 9.79. The van der Waals surface area contributed by atoms with E-state index in [2.05, 4.69) is 10.2 Å². The second-order valence-electron chi connectivity index (χ2n) is 3.12. The lowest BCUT2D eigenvalue weighted by molar-refractivity contribution is 0.855. The zero-order valence-corrected chi connectivity index (χ0v) is 8.53. The normalized spacial score (nSPS) is 10.5. The molecule has 1 heterocycles. The number of rotatable bonds is 2. The number of nitrogen functional groups attached to an aromatic ring is 1. The van der Waals surface area contributed by atoms with Gasteiger partial charge in [-0.2, -0.15) is 9.77 Å². The van der Waals surface area contributed by atoms with Crippen molar-refractivity contribution in [3.8, 4) is 0 Å². The molecule has 5 nitrogen and oxygen atoms in total. The van der Waals surface area contributed by atoms with Crippen molar-refractivity contribution >= 4 is 11.6 Å². The van der Waals surface area contributed by atoms with Gasteiger partial charge >= 0.3 is 5.69 Å². The second kappa shape index (κ2) is 3.78. The summed E-state index contributed by atoms with van der Waals surface area (Å²) >= 11 is 5.83. The minimum atomic E-state index is -0.424. The number of hydrogen-bond acceptors (Lipinski definition) is 3. The van der Waals surface area contributed by atoms with Gasteiger partial charge < -0.3 is 5.84 Å². The molecule has 0 bridgehead atoms. The third-order valence-corrected chi connectivity index (χ3v) is 2.26. The average Bonchev–Trinajstić information content (AvgIpc) is 2.50. The Morgan fingerprint density at radius 2 is 2.33 bits per heavy atom. The molecule has 1 aromatic carbocycles. The molecule has 0 aliphatic rings. The van der Waals surface area contributed by atoms with Gasteiger partial charge in [-0.15, -0.1) is 0 Å². The molecule has 78 valence electrons. The van der Waals surface area contributed by atoms with Gasteiger partial charge in [0.25, 0.3) is 0 Å². The Balaban J connectivity index is 2.29. The Kier molecular flexibility index (Phi) is 2.47. The Morgan fingerprint density at radius 3 is 2.93 bits per heavy atom. The number of aromatic nitrogens is 3. The first-order valence-corrected chi connectivity index (χ1v) is 4.70. The van der Waals surface area contributed by atoms with E-state index in [0.717, 1.165) is 10.2 Å². The lowest BCUT2D eigenvalue weighted by Gasteiger charge is -2.00. The molecule has 3 N–H and O–H groups in total. The Bertz CT molecular complexity index is 531. The topological polar surface area (TPSA) is 76.7 Å². The minimum absolute atomic E-state index is 0.424. The van der Waals surface area contributed by atoms with Crippen LogP contribution in [-0.2, 0) is 6.42 Å². The number of nitrogens with two attached hydrogens (primary N) is 1. The summed E-state index contributed by atoms with van der Waals surface area (Å²) in [5, 5.41) is 6.72. The van der Waals surface area contributed by atoms with E-state index in [0.29, 0.717) is 17.3 Å². The van der Waals surface area contributed by atoms with Gasteiger partial charge in [0.05, 0.1) is 0 Å². The lowest BCUT2D eigenvalue weighted by atomic mass is 10.1. The first-order chi connectivity index (χ1) is 7.16. The summed E-state index contributed by atoms with van der Waals surface area (Å²) in [5.41, 5.74) is 0.528. The molecule has 1 aromatic heterocycles. The van der Waals surface area contributed by atoms with Crippen molar-refractivity contribution in [2.45, 2.75) is 6.42 Å². The molecular formula is C9H9ClN4O. The van der Waals surface area contributed by atoms with Gasteiger partial charge in [-0.1, -0.05) is 23.7 Å². The van der Waals surface area contributed by atoms with Crippen LogP contribution in [0.15, 0.2) is 29.1 Å². The van der Waals surface area contributed by atoms with Gasteiger partial charge in [-0.3, -0.25) is 0 Å². The van der Waals surface area contributed by atoms with E-state index < -0.39 is 5.69 Å². The van der Waals surface area contributed by atoms with Gasteiger partial charge in [-0.25, -0.2) is 9.89 Å². The fourth-order valence-electron chi connectivity index (χ4n) is 1.29. The predicted octanol–water partition coefficient (Wildman–Crippen LogP) is 0.529. The van der Waals surface area contributed by atoms with Crippen LogP contribution in [0.4, 0.5) is 0 Å². The zero-order valence-electron chi connectivity index (χ0n) is 7.77. The number of benzene rings is 1. The maximum atomic E-state index is 11.0. The third kappa shape index (κ3) is 2.02. The predicted molar refractivity (Wildman–Crippen MR) is 57.3 cm³/mol. The maximum absolute atomic E-state index is 11.0. The van der Waals surface area contributed by atoms with Crippen LogP contribution in [0.1, 0.15) is 11.4 Å². The van der Waals surface area contributed by atoms with E-state index in [1.807, 2.05) is 12.1 Å². The van der Waals surface area contributed by atoms with Crippen LogP contribution in [0, 0.1) is 0 Å². The molecule has 2 aromatic rings. The molecular weight excluding hydrogens is 216 g/mol. The zero-order chi connectivity index (χ0) is 10.8. The molecule has 0 aliphatic carbocycles. The lowest BCUT2D eigenvalue weighted by Crippen LogP contribution is -2.26. The quantitative estimate of drug-likeness (QED) is 0.731. The molecule has 6 heteroatoms. The second-order valence-corrected chi connectivity index (χ2v) is 3.56. The number of aromatic amines is 1. The van der Waals surface area contributed by atoms with Gasteiger partial charge in [0, 0.05) is 11.4 Å². The highest BCUT2D eigenvalue weighted by molar-refractivity contribution is 6.30. The summed E-state index contributed by atoms with van der Waals surface area (Å²) in [5.74, 6) is 5.94. The minimum Gasteiger partial charge on any atom is -0.333 e. The van der Waals surface area contributed by atoms with Crippen molar-refractivity contribution < 1.29 is 0 Å². The van der Waals surface area contributed by atoms with Gasteiger partial charge in [0.15, 0.2) is 5.82 Å². The van der Waals surface area contributed by atoms with Crippen LogP contribution in [-0.4, -0.2) is 14.9 Å². The summed E-state index contributed by atoms with van der Waals surface area (Å²) < 4.78 is 0.987. The Hall–Kier alpha value is -1.75. The van der Waals surface area contributed by atoms with Gasteiger partial charge in [-0.05, 0) is 17.7 Å². The van der Waals surface area contributed by atoms with Crippen LogP contribution in [0.3, 0.4) is 0 Å². The molecule has 0 atom stereocenters. The van der Waals surface area contributed by atoms with E-state index in [-0.39, 0.29) is 0 Å². The molecule has 0 fully saturated rings. The fraction of sp³-hybridized carbons (Fsp3) is 0.111. The first-order valence-electron chi connectivity index (χ1n) is 4.32. The molecule has 0 amide bonds. The highest BCUT2D eigenvalue weighted by Gasteiger charge is 2.05. The Labute approximate surface area is 90.5 Å². The van der Waals surface area contributed by atoms with Crippen molar-refractivity contribution in [2.75, 3.05) is 5.84 Å². The van der Waals surface area contributed by atoms with Crippen molar-refractivity contribution in [2.24, 2.45) is 0 Å². The third-order valence-electron chi connectivity index (χ3n) is 2.03. The van der Waals surface area contributed by atoms with E-state index in [4.69, 9.17) is 17.4 Å². The van der Waals surface area contributed by atoms with Crippen LogP contribution in [0.25, 0.3) is 0 Å². The van der Waals surface area contributed by atoms with E-state index >= 15 is 0 Å². The van der Waals surface area contributed by atoms with Crippen molar-refractivity contribution in [3.63, 3.8) is 0 Å². The highest BCUT2D eigenvalue weighted by atomic mass is 35.5. The summed E-state index contributed by atoms with van der Waals surface area (Å²) in [6.07, 6.45) is 0.468. The van der Waals surface area contributed by atoms with Gasteiger partial charge in [0.2, 0.25) is 0 Å². The van der Waals surface area contributed by atoms with Crippen molar-refractivity contribution in [1.82, 2.24) is 14.9 Å². The molecule has 0 saturated carbocycles. The Morgan fingerprint density at radius 1 is 1.53 bits per heavy atom. The molecule has 0 spiro atoms. The summed E-state index contributed by atoms with van der Waals surface area (Å²) in [6, 6.07) is 7.32. The van der Waals surface area contributed by atoms with E-state index in [1.54, 1.807) is 12.1 Å². The molecule has 0 saturated heterocycles. The molecule has 0 radical (unpaired) electrons. The molecule has 2 rings (SSSR count). The molecule has 0 aliphatic heterocycles. The highest BCUT2D eigenvalue weighted by Crippen LogP contribution is 2.12. The van der Waals surface area contributed by atoms with Gasteiger partial charge in [0.1, 0.15) is 0 Å². The van der Waals surface area contributed by atoms with E-state index in [9.17, 15) is 4.79 Å². The van der Waals surface area contributed by atoms with Crippen LogP contribution >= 0.6 is 11.6 Å². The SMILES string of the molecule is Nn1c(Cc2cccc(Cl)c2)n[nH]c1=O. The van der Waals surface area contributed by atoms with Crippen LogP contribution in [0.2, 0.25) is 5.02 Å². The maximum Gasteiger partial charge on any atom is 0.361 e. The summed E-state index contributed by atoms with van der Waals surface area (Å²) in [4.78, 5) is 11.0. The number of H-pyrrole nitrogens is 1. The van der Waals surface area contributed by atoms with E-state index in [1.165, 1.54) is 0 Å². The number of halogens is 1. The molecule has 15 heavy (non-hydrogen) atoms. The fourth-order valence-corrected chi connectivity index (χ4v) is 1.50. The van der Waals surface area contributed by atoms with Crippen molar-refractivity contribution in [1.29, 1.82) is 0 Å². The summed E-state index contributed by atoms with van der Waals surface area (Å²) in [6.45, 7) is 0. The largest absolute Gasteiger partial charge is 0.361 e. The number of hydrogen-bond donors (Lipinski definition) is 2. The van der Waals surface area contributed by atoms with Crippen molar-refractivity contribution in [3.05, 3.63) is 51.2 Å². The number of nitrogens with zero attached hydrogens (tertiary/aromatic N) is 2. The average molecular weight is 225 g/mol. The molecule has 0 unspecified atom stereocenters. The van der Waals surface area contributed by atoms with Crippen LogP contribution in [0.5, 0.6) is 0 Å². The number of nitrogens with one attached hydrogen (secondary N) is 1. The van der Waals surface area contributed by atoms with Crippen LogP contribution < -0.4 is 11.5 Å². The summed E-state index contributed by atoms with van der Waals surface area (Å²) in [7, 11) is 0. The monoisotopic (exact) mass is 224 g/mol. The standard InChI is InChI=1S/C9H9ClN4O/c10-7-3-1-2-6(4-7)5-8-12-13-9(15)14(8)11/h1-4H,5,11H2,(H,13,15).